The lowest BCUT2D eigenvalue weighted by Crippen LogP contribution is -2.30. The minimum atomic E-state index is -0.164. The largest absolute Gasteiger partial charge is 0.459 e. The number of hydrogen-bond donors (Lipinski definition) is 2. The van der Waals surface area contributed by atoms with Gasteiger partial charge in [-0.3, -0.25) is 4.79 Å². The molecule has 0 radical (unpaired) electrons. The van der Waals surface area contributed by atoms with Crippen molar-refractivity contribution in [2.45, 2.75) is 25.3 Å². The number of aryl methyl sites for hydroxylation is 1. The van der Waals surface area contributed by atoms with Crippen molar-refractivity contribution in [2.24, 2.45) is 0 Å². The van der Waals surface area contributed by atoms with Gasteiger partial charge in [0.05, 0.1) is 12.3 Å². The standard InChI is InChI=1S/C17H15BrN2O2/c18-10-6-7-13-12(9-10)11-3-1-4-14(16(11)19-13)20-17(21)15-5-2-8-22-15/h2,5-9,14,19H,1,3-4H2,(H,20,21). The van der Waals surface area contributed by atoms with E-state index >= 15 is 0 Å². The molecule has 0 aliphatic heterocycles. The molecule has 5 heteroatoms. The molecular weight excluding hydrogens is 344 g/mol. The summed E-state index contributed by atoms with van der Waals surface area (Å²) >= 11 is 3.53. The Morgan fingerprint density at radius 2 is 2.27 bits per heavy atom. The van der Waals surface area contributed by atoms with Crippen LogP contribution in [0.4, 0.5) is 0 Å². The van der Waals surface area contributed by atoms with E-state index in [0.717, 1.165) is 34.9 Å². The maximum absolute atomic E-state index is 12.2. The molecule has 1 aliphatic carbocycles. The van der Waals surface area contributed by atoms with Gasteiger partial charge in [-0.25, -0.2) is 0 Å². The molecule has 0 bridgehead atoms. The molecule has 0 spiro atoms. The van der Waals surface area contributed by atoms with E-state index in [-0.39, 0.29) is 11.9 Å². The Kier molecular flexibility index (Phi) is 3.30. The van der Waals surface area contributed by atoms with Gasteiger partial charge in [-0.15, -0.1) is 0 Å². The summed E-state index contributed by atoms with van der Waals surface area (Å²) < 4.78 is 6.24. The zero-order valence-electron chi connectivity index (χ0n) is 11.9. The number of carbonyl (C=O) groups excluding carboxylic acids is 1. The summed E-state index contributed by atoms with van der Waals surface area (Å²) in [5, 5.41) is 4.31. The molecule has 0 saturated heterocycles. The second-order valence-corrected chi connectivity index (χ2v) is 6.52. The van der Waals surface area contributed by atoms with Crippen LogP contribution in [0, 0.1) is 0 Å². The molecule has 22 heavy (non-hydrogen) atoms. The van der Waals surface area contributed by atoms with Crippen molar-refractivity contribution in [3.8, 4) is 0 Å². The SMILES string of the molecule is O=C(NC1CCCc2c1[nH]c1ccc(Br)cc21)c1ccco1. The third-order valence-electron chi connectivity index (χ3n) is 4.22. The van der Waals surface area contributed by atoms with Crippen LogP contribution in [0.25, 0.3) is 10.9 Å². The number of amides is 1. The Morgan fingerprint density at radius 3 is 3.09 bits per heavy atom. The molecule has 4 nitrogen and oxygen atoms in total. The summed E-state index contributed by atoms with van der Waals surface area (Å²) in [7, 11) is 0. The van der Waals surface area contributed by atoms with E-state index in [1.807, 2.05) is 6.07 Å². The van der Waals surface area contributed by atoms with Crippen LogP contribution in [0.1, 0.15) is 40.7 Å². The predicted molar refractivity (Wildman–Crippen MR) is 87.9 cm³/mol. The molecule has 4 rings (SSSR count). The van der Waals surface area contributed by atoms with Gasteiger partial charge in [-0.2, -0.15) is 0 Å². The fraction of sp³-hybridized carbons (Fsp3) is 0.235. The predicted octanol–water partition coefficient (Wildman–Crippen LogP) is 4.33. The summed E-state index contributed by atoms with van der Waals surface area (Å²) in [4.78, 5) is 15.7. The minimum Gasteiger partial charge on any atom is -0.459 e. The molecule has 1 unspecified atom stereocenters. The quantitative estimate of drug-likeness (QED) is 0.716. The Hall–Kier alpha value is -2.01. The molecule has 0 fully saturated rings. The lowest BCUT2D eigenvalue weighted by atomic mass is 9.91. The van der Waals surface area contributed by atoms with Gasteiger partial charge in [0.1, 0.15) is 0 Å². The number of nitrogens with one attached hydrogen (secondary N) is 2. The van der Waals surface area contributed by atoms with Gasteiger partial charge >= 0.3 is 0 Å². The number of hydrogen-bond acceptors (Lipinski definition) is 2. The summed E-state index contributed by atoms with van der Waals surface area (Å²) in [6.07, 6.45) is 4.56. The van der Waals surface area contributed by atoms with Gasteiger partial charge in [0.25, 0.3) is 5.91 Å². The molecule has 1 amide bonds. The number of halogens is 1. The third-order valence-corrected chi connectivity index (χ3v) is 4.71. The zero-order valence-corrected chi connectivity index (χ0v) is 13.4. The van der Waals surface area contributed by atoms with Crippen molar-refractivity contribution < 1.29 is 9.21 Å². The Bertz CT molecular complexity index is 836. The van der Waals surface area contributed by atoms with E-state index in [1.54, 1.807) is 12.1 Å². The van der Waals surface area contributed by atoms with Crippen LogP contribution >= 0.6 is 15.9 Å². The van der Waals surface area contributed by atoms with Crippen molar-refractivity contribution in [1.29, 1.82) is 0 Å². The Morgan fingerprint density at radius 1 is 1.36 bits per heavy atom. The fourth-order valence-electron chi connectivity index (χ4n) is 3.22. The van der Waals surface area contributed by atoms with Crippen LogP contribution in [0.15, 0.2) is 45.5 Å². The maximum atomic E-state index is 12.2. The first-order valence-corrected chi connectivity index (χ1v) is 8.16. The highest BCUT2D eigenvalue weighted by Crippen LogP contribution is 2.35. The molecule has 0 saturated carbocycles. The van der Waals surface area contributed by atoms with E-state index in [9.17, 15) is 4.79 Å². The topological polar surface area (TPSA) is 58.0 Å². The van der Waals surface area contributed by atoms with Crippen molar-refractivity contribution in [3.63, 3.8) is 0 Å². The van der Waals surface area contributed by atoms with Gasteiger partial charge < -0.3 is 14.7 Å². The first kappa shape index (κ1) is 13.6. The molecule has 1 aliphatic rings. The van der Waals surface area contributed by atoms with E-state index in [0.29, 0.717) is 5.76 Å². The number of fused-ring (bicyclic) bond motifs is 3. The lowest BCUT2D eigenvalue weighted by molar-refractivity contribution is 0.0904. The van der Waals surface area contributed by atoms with E-state index < -0.39 is 0 Å². The zero-order chi connectivity index (χ0) is 15.1. The number of rotatable bonds is 2. The van der Waals surface area contributed by atoms with E-state index in [4.69, 9.17) is 4.42 Å². The van der Waals surface area contributed by atoms with Gasteiger partial charge in [0.15, 0.2) is 5.76 Å². The maximum Gasteiger partial charge on any atom is 0.287 e. The van der Waals surface area contributed by atoms with Gasteiger partial charge in [0, 0.05) is 21.1 Å². The molecule has 3 aromatic rings. The lowest BCUT2D eigenvalue weighted by Gasteiger charge is -2.23. The molecule has 1 aromatic carbocycles. The number of aromatic nitrogens is 1. The normalized spacial score (nSPS) is 17.4. The average molecular weight is 359 g/mol. The molecule has 1 atom stereocenters. The highest BCUT2D eigenvalue weighted by Gasteiger charge is 2.26. The van der Waals surface area contributed by atoms with Crippen LogP contribution in [0.3, 0.4) is 0 Å². The Labute approximate surface area is 136 Å². The number of H-pyrrole nitrogens is 1. The van der Waals surface area contributed by atoms with Crippen LogP contribution in [-0.4, -0.2) is 10.9 Å². The van der Waals surface area contributed by atoms with Crippen LogP contribution < -0.4 is 5.32 Å². The number of aromatic amines is 1. The van der Waals surface area contributed by atoms with Gasteiger partial charge in [-0.05, 0) is 55.2 Å². The number of furan rings is 1. The van der Waals surface area contributed by atoms with Crippen molar-refractivity contribution in [3.05, 3.63) is 58.1 Å². The average Bonchev–Trinajstić information content (AvgIpc) is 3.15. The van der Waals surface area contributed by atoms with Crippen LogP contribution in [0.2, 0.25) is 0 Å². The van der Waals surface area contributed by atoms with Crippen molar-refractivity contribution >= 4 is 32.7 Å². The van der Waals surface area contributed by atoms with Gasteiger partial charge in [0.2, 0.25) is 0 Å². The fourth-order valence-corrected chi connectivity index (χ4v) is 3.58. The van der Waals surface area contributed by atoms with Gasteiger partial charge in [-0.1, -0.05) is 15.9 Å². The smallest absolute Gasteiger partial charge is 0.287 e. The summed E-state index contributed by atoms with van der Waals surface area (Å²) in [5.74, 6) is 0.189. The van der Waals surface area contributed by atoms with Crippen molar-refractivity contribution in [2.75, 3.05) is 0 Å². The van der Waals surface area contributed by atoms with Crippen LogP contribution in [-0.2, 0) is 6.42 Å². The van der Waals surface area contributed by atoms with Crippen LogP contribution in [0.5, 0.6) is 0 Å². The molecule has 2 N–H and O–H groups in total. The van der Waals surface area contributed by atoms with E-state index in [1.165, 1.54) is 17.2 Å². The number of benzene rings is 1. The Balaban J connectivity index is 1.70. The van der Waals surface area contributed by atoms with Crippen molar-refractivity contribution in [1.82, 2.24) is 10.3 Å². The van der Waals surface area contributed by atoms with E-state index in [2.05, 4.69) is 38.4 Å². The first-order chi connectivity index (χ1) is 10.7. The molecular formula is C17H15BrN2O2. The first-order valence-electron chi connectivity index (χ1n) is 7.37. The highest BCUT2D eigenvalue weighted by molar-refractivity contribution is 9.10. The monoisotopic (exact) mass is 358 g/mol. The summed E-state index contributed by atoms with van der Waals surface area (Å²) in [6.45, 7) is 0. The molecule has 112 valence electrons. The molecule has 2 aromatic heterocycles. The third kappa shape index (κ3) is 2.25. The molecule has 2 heterocycles. The number of carbonyl (C=O) groups is 1. The second kappa shape index (κ2) is 5.32. The summed E-state index contributed by atoms with van der Waals surface area (Å²) in [6, 6.07) is 9.65. The second-order valence-electron chi connectivity index (χ2n) is 5.60. The summed E-state index contributed by atoms with van der Waals surface area (Å²) in [5.41, 5.74) is 3.55. The highest BCUT2D eigenvalue weighted by atomic mass is 79.9. The minimum absolute atomic E-state index is 0.00697.